The number of rotatable bonds is 7. The molecule has 0 aromatic heterocycles. The topological polar surface area (TPSA) is 20.3 Å². The van der Waals surface area contributed by atoms with Gasteiger partial charge in [-0.25, -0.2) is 0 Å². The van der Waals surface area contributed by atoms with Crippen molar-refractivity contribution < 1.29 is 4.79 Å². The fraction of sp³-hybridized carbons (Fsp3) is 0.435. The van der Waals surface area contributed by atoms with Crippen molar-refractivity contribution in [2.45, 2.75) is 44.0 Å². The molecule has 0 N–H and O–H groups in total. The van der Waals surface area contributed by atoms with Crippen LogP contribution >= 0.6 is 23.4 Å². The fourth-order valence-corrected chi connectivity index (χ4v) is 4.94. The van der Waals surface area contributed by atoms with Gasteiger partial charge < -0.3 is 0 Å². The molecule has 1 heterocycles. The van der Waals surface area contributed by atoms with Gasteiger partial charge in [0.25, 0.3) is 0 Å². The van der Waals surface area contributed by atoms with Gasteiger partial charge in [0.1, 0.15) is 0 Å². The Balaban J connectivity index is 1.64. The zero-order chi connectivity index (χ0) is 19.2. The van der Waals surface area contributed by atoms with E-state index in [1.165, 1.54) is 17.3 Å². The van der Waals surface area contributed by atoms with Crippen LogP contribution in [0.5, 0.6) is 0 Å². The monoisotopic (exact) mass is 401 g/mol. The maximum Gasteiger partial charge on any atom is 0.198 e. The Morgan fingerprint density at radius 3 is 2.52 bits per heavy atom. The van der Waals surface area contributed by atoms with Gasteiger partial charge in [0.15, 0.2) is 5.12 Å². The van der Waals surface area contributed by atoms with Gasteiger partial charge in [-0.2, -0.15) is 0 Å². The summed E-state index contributed by atoms with van der Waals surface area (Å²) < 4.78 is 0. The Morgan fingerprint density at radius 2 is 1.85 bits per heavy atom. The van der Waals surface area contributed by atoms with Crippen LogP contribution in [0.4, 0.5) is 0 Å². The van der Waals surface area contributed by atoms with E-state index in [0.717, 1.165) is 37.2 Å². The molecule has 1 aliphatic rings. The second kappa shape index (κ2) is 9.77. The number of likely N-dealkylation sites (tertiary alicyclic amines) is 1. The third-order valence-corrected chi connectivity index (χ3v) is 6.50. The van der Waals surface area contributed by atoms with Gasteiger partial charge in [-0.05, 0) is 61.6 Å². The van der Waals surface area contributed by atoms with Crippen LogP contribution < -0.4 is 0 Å². The Kier molecular flexibility index (Phi) is 7.40. The van der Waals surface area contributed by atoms with Gasteiger partial charge in [0.2, 0.25) is 0 Å². The summed E-state index contributed by atoms with van der Waals surface area (Å²) in [6.45, 7) is 6.54. The SMILES string of the molecule is CC(C)C[C@@H]1[C@H](C(=O)Sc2ccc(Cl)cc2)CCN1CCc1ccccc1. The normalized spacial score (nSPS) is 20.3. The summed E-state index contributed by atoms with van der Waals surface area (Å²) in [5.41, 5.74) is 1.37. The Hall–Kier alpha value is -1.29. The van der Waals surface area contributed by atoms with E-state index in [4.69, 9.17) is 11.6 Å². The van der Waals surface area contributed by atoms with Crippen LogP contribution in [0, 0.1) is 11.8 Å². The molecule has 4 heteroatoms. The summed E-state index contributed by atoms with van der Waals surface area (Å²) in [6.07, 6.45) is 3.08. The second-order valence-corrected chi connectivity index (χ2v) is 9.25. The van der Waals surface area contributed by atoms with Crippen LogP contribution in [-0.4, -0.2) is 29.1 Å². The van der Waals surface area contributed by atoms with E-state index in [-0.39, 0.29) is 5.92 Å². The molecule has 0 bridgehead atoms. The van der Waals surface area contributed by atoms with Gasteiger partial charge in [-0.1, -0.05) is 67.5 Å². The molecule has 2 nitrogen and oxygen atoms in total. The molecule has 0 unspecified atom stereocenters. The van der Waals surface area contributed by atoms with Gasteiger partial charge in [-0.15, -0.1) is 0 Å². The highest BCUT2D eigenvalue weighted by molar-refractivity contribution is 8.13. The number of carbonyl (C=O) groups is 1. The van der Waals surface area contributed by atoms with Crippen molar-refractivity contribution in [2.24, 2.45) is 11.8 Å². The minimum atomic E-state index is 0.115. The number of carbonyl (C=O) groups excluding carboxylic acids is 1. The summed E-state index contributed by atoms with van der Waals surface area (Å²) in [5.74, 6) is 0.701. The summed E-state index contributed by atoms with van der Waals surface area (Å²) in [5, 5.41) is 1.00. The lowest BCUT2D eigenvalue weighted by molar-refractivity contribution is -0.115. The summed E-state index contributed by atoms with van der Waals surface area (Å²) >= 11 is 7.33. The van der Waals surface area contributed by atoms with Crippen molar-refractivity contribution in [2.75, 3.05) is 13.1 Å². The molecule has 2 aromatic rings. The molecule has 0 spiro atoms. The molecule has 0 saturated carbocycles. The largest absolute Gasteiger partial charge is 0.299 e. The van der Waals surface area contributed by atoms with Crippen molar-refractivity contribution in [1.29, 1.82) is 0 Å². The molecular weight excluding hydrogens is 374 g/mol. The maximum absolute atomic E-state index is 13.0. The fourth-order valence-electron chi connectivity index (χ4n) is 3.88. The molecular formula is C23H28ClNOS. The van der Waals surface area contributed by atoms with Crippen molar-refractivity contribution in [3.8, 4) is 0 Å². The number of hydrogen-bond donors (Lipinski definition) is 0. The predicted molar refractivity (Wildman–Crippen MR) is 115 cm³/mol. The minimum absolute atomic E-state index is 0.115. The molecule has 2 atom stereocenters. The first-order valence-electron chi connectivity index (χ1n) is 9.78. The smallest absolute Gasteiger partial charge is 0.198 e. The van der Waals surface area contributed by atoms with E-state index in [1.54, 1.807) is 0 Å². The van der Waals surface area contributed by atoms with E-state index in [9.17, 15) is 4.79 Å². The van der Waals surface area contributed by atoms with Crippen molar-refractivity contribution in [3.05, 3.63) is 65.2 Å². The Bertz CT molecular complexity index is 732. The van der Waals surface area contributed by atoms with Crippen LogP contribution in [0.1, 0.15) is 32.3 Å². The van der Waals surface area contributed by atoms with Crippen LogP contribution in [0.2, 0.25) is 5.02 Å². The standard InChI is InChI=1S/C23H28ClNOS/c1-17(2)16-22-21(23(26)27-20-10-8-19(24)9-11-20)13-15-25(22)14-12-18-6-4-3-5-7-18/h3-11,17,21-22H,12-16H2,1-2H3/t21-,22-/m1/s1. The minimum Gasteiger partial charge on any atom is -0.299 e. The molecule has 0 aliphatic carbocycles. The first kappa shape index (κ1) is 20.4. The average molecular weight is 402 g/mol. The predicted octanol–water partition coefficient (Wildman–Crippen LogP) is 5.94. The van der Waals surface area contributed by atoms with Gasteiger partial charge >= 0.3 is 0 Å². The van der Waals surface area contributed by atoms with Crippen molar-refractivity contribution in [3.63, 3.8) is 0 Å². The van der Waals surface area contributed by atoms with Gasteiger partial charge in [0.05, 0.1) is 0 Å². The van der Waals surface area contributed by atoms with E-state index in [0.29, 0.717) is 22.1 Å². The molecule has 0 amide bonds. The average Bonchev–Trinajstić information content (AvgIpc) is 3.05. The lowest BCUT2D eigenvalue weighted by Gasteiger charge is -2.29. The van der Waals surface area contributed by atoms with Crippen LogP contribution in [0.3, 0.4) is 0 Å². The summed E-state index contributed by atoms with van der Waals surface area (Å²) in [4.78, 5) is 16.5. The van der Waals surface area contributed by atoms with Gasteiger partial charge in [-0.3, -0.25) is 9.69 Å². The van der Waals surface area contributed by atoms with Crippen molar-refractivity contribution in [1.82, 2.24) is 4.90 Å². The Labute approximate surface area is 172 Å². The van der Waals surface area contributed by atoms with E-state index in [1.807, 2.05) is 24.3 Å². The maximum atomic E-state index is 13.0. The van der Waals surface area contributed by atoms with E-state index < -0.39 is 0 Å². The number of hydrogen-bond acceptors (Lipinski definition) is 3. The number of thioether (sulfide) groups is 1. The third-order valence-electron chi connectivity index (χ3n) is 5.24. The van der Waals surface area contributed by atoms with Crippen LogP contribution in [0.15, 0.2) is 59.5 Å². The van der Waals surface area contributed by atoms with Gasteiger partial charge in [0, 0.05) is 28.4 Å². The number of benzene rings is 2. The first-order valence-corrected chi connectivity index (χ1v) is 11.0. The van der Waals surface area contributed by atoms with Crippen LogP contribution in [0.25, 0.3) is 0 Å². The Morgan fingerprint density at radius 1 is 1.15 bits per heavy atom. The third kappa shape index (κ3) is 5.84. The molecule has 1 saturated heterocycles. The highest BCUT2D eigenvalue weighted by Gasteiger charge is 2.38. The highest BCUT2D eigenvalue weighted by atomic mass is 35.5. The molecule has 144 valence electrons. The van der Waals surface area contributed by atoms with Crippen LogP contribution in [-0.2, 0) is 11.2 Å². The zero-order valence-electron chi connectivity index (χ0n) is 16.1. The van der Waals surface area contributed by atoms with E-state index in [2.05, 4.69) is 49.1 Å². The summed E-state index contributed by atoms with van der Waals surface area (Å²) in [6, 6.07) is 18.5. The zero-order valence-corrected chi connectivity index (χ0v) is 17.7. The number of halogens is 1. The number of nitrogens with zero attached hydrogens (tertiary/aromatic N) is 1. The molecule has 1 aliphatic heterocycles. The second-order valence-electron chi connectivity index (χ2n) is 7.74. The lowest BCUT2D eigenvalue weighted by atomic mass is 9.93. The quantitative estimate of drug-likeness (QED) is 0.535. The molecule has 2 aromatic carbocycles. The molecule has 1 fully saturated rings. The molecule has 0 radical (unpaired) electrons. The lowest BCUT2D eigenvalue weighted by Crippen LogP contribution is -2.37. The molecule has 27 heavy (non-hydrogen) atoms. The highest BCUT2D eigenvalue weighted by Crippen LogP contribution is 2.35. The first-order chi connectivity index (χ1) is 13.0. The summed E-state index contributed by atoms with van der Waals surface area (Å²) in [7, 11) is 0. The van der Waals surface area contributed by atoms with E-state index >= 15 is 0 Å². The molecule has 3 rings (SSSR count). The van der Waals surface area contributed by atoms with Crippen molar-refractivity contribution >= 4 is 28.5 Å².